The minimum atomic E-state index is 0.703. The van der Waals surface area contributed by atoms with Gasteiger partial charge in [-0.25, -0.2) is 4.98 Å². The third-order valence-corrected chi connectivity index (χ3v) is 3.32. The Morgan fingerprint density at radius 2 is 1.64 bits per heavy atom. The first-order valence-corrected chi connectivity index (χ1v) is 6.92. The second-order valence-corrected chi connectivity index (χ2v) is 4.73. The smallest absolute Gasteiger partial charge is 0.161 e. The van der Waals surface area contributed by atoms with Gasteiger partial charge in [-0.3, -0.25) is 4.98 Å². The van der Waals surface area contributed by atoms with Gasteiger partial charge in [0, 0.05) is 0 Å². The third kappa shape index (κ3) is 2.91. The fourth-order valence-corrected chi connectivity index (χ4v) is 2.19. The fraction of sp³-hybridized carbons (Fsp3) is 0.111. The Balaban J connectivity index is 1.89. The van der Waals surface area contributed by atoms with Crippen molar-refractivity contribution in [2.75, 3.05) is 14.2 Å². The van der Waals surface area contributed by atoms with Crippen molar-refractivity contribution in [3.05, 3.63) is 59.9 Å². The van der Waals surface area contributed by atoms with E-state index in [1.807, 2.05) is 54.6 Å². The van der Waals surface area contributed by atoms with Gasteiger partial charge in [0.1, 0.15) is 0 Å². The second kappa shape index (κ2) is 6.26. The molecule has 0 aliphatic carbocycles. The third-order valence-electron chi connectivity index (χ3n) is 3.32. The maximum atomic E-state index is 5.30. The first kappa shape index (κ1) is 14.1. The molecule has 0 radical (unpaired) electrons. The lowest BCUT2D eigenvalue weighted by Gasteiger charge is -2.07. The quantitative estimate of drug-likeness (QED) is 0.733. The molecule has 0 amide bonds. The predicted molar refractivity (Wildman–Crippen MR) is 88.0 cm³/mol. The van der Waals surface area contributed by atoms with E-state index in [0.717, 1.165) is 22.3 Å². The van der Waals surface area contributed by atoms with Gasteiger partial charge in [-0.05, 0) is 35.9 Å². The SMILES string of the molecule is COc1ccc(/C=C\c2cnc3ccccc3n2)cc1OC. The van der Waals surface area contributed by atoms with Crippen LogP contribution in [-0.2, 0) is 0 Å². The molecule has 3 rings (SSSR count). The van der Waals surface area contributed by atoms with Gasteiger partial charge in [-0.1, -0.05) is 24.3 Å². The van der Waals surface area contributed by atoms with Crippen LogP contribution in [0.15, 0.2) is 48.7 Å². The van der Waals surface area contributed by atoms with Crippen LogP contribution < -0.4 is 9.47 Å². The Bertz CT molecular complexity index is 828. The molecule has 22 heavy (non-hydrogen) atoms. The number of benzene rings is 2. The summed E-state index contributed by atoms with van der Waals surface area (Å²) in [5.41, 5.74) is 3.60. The van der Waals surface area contributed by atoms with Crippen LogP contribution in [0.3, 0.4) is 0 Å². The number of para-hydroxylation sites is 2. The van der Waals surface area contributed by atoms with Crippen LogP contribution >= 0.6 is 0 Å². The molecule has 1 heterocycles. The summed E-state index contributed by atoms with van der Waals surface area (Å²) in [7, 11) is 3.25. The number of ether oxygens (including phenoxy) is 2. The maximum Gasteiger partial charge on any atom is 0.161 e. The zero-order valence-corrected chi connectivity index (χ0v) is 12.5. The number of nitrogens with zero attached hydrogens (tertiary/aromatic N) is 2. The molecule has 3 aromatic rings. The Morgan fingerprint density at radius 1 is 0.864 bits per heavy atom. The van der Waals surface area contributed by atoms with Crippen LogP contribution in [-0.4, -0.2) is 24.2 Å². The van der Waals surface area contributed by atoms with Crippen LogP contribution in [0.2, 0.25) is 0 Å². The lowest BCUT2D eigenvalue weighted by Crippen LogP contribution is -1.90. The molecule has 0 spiro atoms. The normalized spacial score (nSPS) is 11.0. The summed E-state index contributed by atoms with van der Waals surface area (Å²) in [6.07, 6.45) is 5.67. The van der Waals surface area contributed by atoms with E-state index in [-0.39, 0.29) is 0 Å². The maximum absolute atomic E-state index is 5.30. The molecule has 0 aliphatic rings. The zero-order valence-electron chi connectivity index (χ0n) is 12.5. The van der Waals surface area contributed by atoms with E-state index < -0.39 is 0 Å². The molecular formula is C18H16N2O2. The summed E-state index contributed by atoms with van der Waals surface area (Å²) in [4.78, 5) is 8.96. The van der Waals surface area contributed by atoms with E-state index in [4.69, 9.17) is 9.47 Å². The Hall–Kier alpha value is -2.88. The first-order valence-electron chi connectivity index (χ1n) is 6.92. The van der Waals surface area contributed by atoms with Crippen LogP contribution in [0, 0.1) is 0 Å². The summed E-state index contributed by atoms with van der Waals surface area (Å²) in [5.74, 6) is 1.42. The summed E-state index contributed by atoms with van der Waals surface area (Å²) in [5, 5.41) is 0. The highest BCUT2D eigenvalue weighted by Crippen LogP contribution is 2.28. The molecule has 0 fully saturated rings. The minimum Gasteiger partial charge on any atom is -0.493 e. The second-order valence-electron chi connectivity index (χ2n) is 4.73. The molecular weight excluding hydrogens is 276 g/mol. The lowest BCUT2D eigenvalue weighted by atomic mass is 10.1. The Labute approximate surface area is 129 Å². The van der Waals surface area contributed by atoms with Crippen molar-refractivity contribution in [1.29, 1.82) is 0 Å². The van der Waals surface area contributed by atoms with Crippen molar-refractivity contribution in [3.63, 3.8) is 0 Å². The van der Waals surface area contributed by atoms with Gasteiger partial charge >= 0.3 is 0 Å². The van der Waals surface area contributed by atoms with E-state index in [9.17, 15) is 0 Å². The summed E-state index contributed by atoms with van der Waals surface area (Å²) < 4.78 is 10.5. The van der Waals surface area contributed by atoms with Crippen LogP contribution in [0.25, 0.3) is 23.2 Å². The average molecular weight is 292 g/mol. The highest BCUT2D eigenvalue weighted by Gasteiger charge is 2.03. The van der Waals surface area contributed by atoms with Gasteiger partial charge in [-0.15, -0.1) is 0 Å². The number of hydrogen-bond donors (Lipinski definition) is 0. The average Bonchev–Trinajstić information content (AvgIpc) is 2.59. The molecule has 0 unspecified atom stereocenters. The van der Waals surface area contributed by atoms with Crippen LogP contribution in [0.4, 0.5) is 0 Å². The highest BCUT2D eigenvalue weighted by atomic mass is 16.5. The fourth-order valence-electron chi connectivity index (χ4n) is 2.19. The predicted octanol–water partition coefficient (Wildman–Crippen LogP) is 3.82. The number of methoxy groups -OCH3 is 2. The standard InChI is InChI=1S/C18H16N2O2/c1-21-17-10-8-13(11-18(17)22-2)7-9-14-12-19-15-5-3-4-6-16(15)20-14/h3-12H,1-2H3/b9-7-. The van der Waals surface area contributed by atoms with E-state index in [1.165, 1.54) is 0 Å². The first-order chi connectivity index (χ1) is 10.8. The zero-order chi connectivity index (χ0) is 15.4. The van der Waals surface area contributed by atoms with Crippen molar-refractivity contribution in [2.24, 2.45) is 0 Å². The molecule has 0 bridgehead atoms. The Morgan fingerprint density at radius 3 is 2.41 bits per heavy atom. The minimum absolute atomic E-state index is 0.703. The van der Waals surface area contributed by atoms with Gasteiger partial charge < -0.3 is 9.47 Å². The van der Waals surface area contributed by atoms with Gasteiger partial charge in [0.25, 0.3) is 0 Å². The molecule has 0 atom stereocenters. The van der Waals surface area contributed by atoms with Gasteiger partial charge in [0.15, 0.2) is 11.5 Å². The summed E-state index contributed by atoms with van der Waals surface area (Å²) in [6, 6.07) is 13.6. The van der Waals surface area contributed by atoms with Crippen molar-refractivity contribution in [2.45, 2.75) is 0 Å². The van der Waals surface area contributed by atoms with E-state index in [0.29, 0.717) is 11.5 Å². The molecule has 0 saturated heterocycles. The number of rotatable bonds is 4. The van der Waals surface area contributed by atoms with Gasteiger partial charge in [0.05, 0.1) is 37.1 Å². The molecule has 4 heteroatoms. The molecule has 2 aromatic carbocycles. The topological polar surface area (TPSA) is 44.2 Å². The van der Waals surface area contributed by atoms with E-state index in [1.54, 1.807) is 20.4 Å². The molecule has 1 aromatic heterocycles. The molecule has 4 nitrogen and oxygen atoms in total. The van der Waals surface area contributed by atoms with Crippen molar-refractivity contribution in [3.8, 4) is 11.5 Å². The van der Waals surface area contributed by atoms with Crippen LogP contribution in [0.1, 0.15) is 11.3 Å². The van der Waals surface area contributed by atoms with Crippen molar-refractivity contribution >= 4 is 23.2 Å². The number of aromatic nitrogens is 2. The largest absolute Gasteiger partial charge is 0.493 e. The summed E-state index contributed by atoms with van der Waals surface area (Å²) >= 11 is 0. The molecule has 0 N–H and O–H groups in total. The molecule has 0 aliphatic heterocycles. The summed E-state index contributed by atoms with van der Waals surface area (Å²) in [6.45, 7) is 0. The van der Waals surface area contributed by atoms with Crippen LogP contribution in [0.5, 0.6) is 11.5 Å². The van der Waals surface area contributed by atoms with E-state index in [2.05, 4.69) is 9.97 Å². The molecule has 0 saturated carbocycles. The lowest BCUT2D eigenvalue weighted by molar-refractivity contribution is 0.355. The highest BCUT2D eigenvalue weighted by molar-refractivity contribution is 5.76. The van der Waals surface area contributed by atoms with Gasteiger partial charge in [-0.2, -0.15) is 0 Å². The number of fused-ring (bicyclic) bond motifs is 1. The van der Waals surface area contributed by atoms with Crippen molar-refractivity contribution in [1.82, 2.24) is 9.97 Å². The Kier molecular flexibility index (Phi) is 4.01. The van der Waals surface area contributed by atoms with Gasteiger partial charge in [0.2, 0.25) is 0 Å². The van der Waals surface area contributed by atoms with Crippen molar-refractivity contribution < 1.29 is 9.47 Å². The number of hydrogen-bond acceptors (Lipinski definition) is 4. The molecule has 110 valence electrons. The monoisotopic (exact) mass is 292 g/mol. The van der Waals surface area contributed by atoms with E-state index >= 15 is 0 Å².